The second kappa shape index (κ2) is 8.94. The Balaban J connectivity index is 2.16. The SMILES string of the molecule is CCCC(SC(CCC)c1ccccc1)c1ccccc1. The Morgan fingerprint density at radius 1 is 0.667 bits per heavy atom. The van der Waals surface area contributed by atoms with E-state index in [1.807, 2.05) is 0 Å². The second-order valence-electron chi connectivity index (χ2n) is 5.51. The highest BCUT2D eigenvalue weighted by Crippen LogP contribution is 2.45. The standard InChI is InChI=1S/C20H26S/c1-3-11-19(17-13-7-5-8-14-17)21-20(12-4-2)18-15-9-6-10-16-18/h5-10,13-16,19-20H,3-4,11-12H2,1-2H3. The molecule has 0 saturated heterocycles. The number of benzene rings is 2. The van der Waals surface area contributed by atoms with Gasteiger partial charge in [0.15, 0.2) is 0 Å². The van der Waals surface area contributed by atoms with Crippen LogP contribution < -0.4 is 0 Å². The zero-order chi connectivity index (χ0) is 14.9. The van der Waals surface area contributed by atoms with E-state index in [0.29, 0.717) is 10.5 Å². The summed E-state index contributed by atoms with van der Waals surface area (Å²) in [5.41, 5.74) is 2.95. The fourth-order valence-corrected chi connectivity index (χ4v) is 4.45. The fourth-order valence-electron chi connectivity index (χ4n) is 2.68. The quantitative estimate of drug-likeness (QED) is 0.516. The number of hydrogen-bond acceptors (Lipinski definition) is 1. The van der Waals surface area contributed by atoms with Crippen LogP contribution in [0.5, 0.6) is 0 Å². The zero-order valence-electron chi connectivity index (χ0n) is 13.2. The summed E-state index contributed by atoms with van der Waals surface area (Å²) in [6.45, 7) is 4.57. The molecule has 0 amide bonds. The molecule has 112 valence electrons. The molecule has 2 rings (SSSR count). The van der Waals surface area contributed by atoms with E-state index in [1.165, 1.54) is 36.8 Å². The van der Waals surface area contributed by atoms with Crippen LogP contribution in [0.4, 0.5) is 0 Å². The molecule has 0 bridgehead atoms. The topological polar surface area (TPSA) is 0 Å². The molecular formula is C20H26S. The lowest BCUT2D eigenvalue weighted by Crippen LogP contribution is -2.00. The van der Waals surface area contributed by atoms with Crippen molar-refractivity contribution in [2.75, 3.05) is 0 Å². The van der Waals surface area contributed by atoms with Gasteiger partial charge >= 0.3 is 0 Å². The Kier molecular flexibility index (Phi) is 6.88. The fraction of sp³-hybridized carbons (Fsp3) is 0.400. The summed E-state index contributed by atoms with van der Waals surface area (Å²) < 4.78 is 0. The van der Waals surface area contributed by atoms with E-state index in [0.717, 1.165) is 0 Å². The van der Waals surface area contributed by atoms with E-state index >= 15 is 0 Å². The minimum Gasteiger partial charge on any atom is -0.146 e. The zero-order valence-corrected chi connectivity index (χ0v) is 14.0. The van der Waals surface area contributed by atoms with Gasteiger partial charge in [0.2, 0.25) is 0 Å². The number of rotatable bonds is 8. The highest BCUT2D eigenvalue weighted by Gasteiger charge is 2.18. The molecule has 0 radical (unpaired) electrons. The van der Waals surface area contributed by atoms with E-state index in [9.17, 15) is 0 Å². The molecule has 1 heteroatoms. The lowest BCUT2D eigenvalue weighted by Gasteiger charge is -2.24. The summed E-state index contributed by atoms with van der Waals surface area (Å²) in [6, 6.07) is 22.0. The first-order valence-electron chi connectivity index (χ1n) is 8.10. The van der Waals surface area contributed by atoms with Crippen molar-refractivity contribution in [3.05, 3.63) is 71.8 Å². The molecule has 0 heterocycles. The van der Waals surface area contributed by atoms with Crippen molar-refractivity contribution in [3.8, 4) is 0 Å². The molecule has 21 heavy (non-hydrogen) atoms. The Bertz CT molecular complexity index is 444. The van der Waals surface area contributed by atoms with E-state index < -0.39 is 0 Å². The third-order valence-electron chi connectivity index (χ3n) is 3.77. The molecule has 0 aliphatic rings. The van der Waals surface area contributed by atoms with E-state index in [4.69, 9.17) is 0 Å². The molecule has 0 spiro atoms. The van der Waals surface area contributed by atoms with Crippen molar-refractivity contribution in [1.82, 2.24) is 0 Å². The molecule has 2 aromatic carbocycles. The van der Waals surface area contributed by atoms with Crippen LogP contribution >= 0.6 is 11.8 Å². The van der Waals surface area contributed by atoms with Crippen LogP contribution in [0.2, 0.25) is 0 Å². The lowest BCUT2D eigenvalue weighted by molar-refractivity contribution is 0.745. The summed E-state index contributed by atoms with van der Waals surface area (Å²) in [5.74, 6) is 0. The summed E-state index contributed by atoms with van der Waals surface area (Å²) in [7, 11) is 0. The predicted octanol–water partition coefficient (Wildman–Crippen LogP) is 6.80. The van der Waals surface area contributed by atoms with Gasteiger partial charge in [0, 0.05) is 10.5 Å². The first-order valence-corrected chi connectivity index (χ1v) is 9.04. The average Bonchev–Trinajstić information content (AvgIpc) is 2.55. The Morgan fingerprint density at radius 2 is 1.05 bits per heavy atom. The maximum atomic E-state index is 2.29. The van der Waals surface area contributed by atoms with E-state index in [1.54, 1.807) is 0 Å². The molecule has 2 atom stereocenters. The van der Waals surface area contributed by atoms with Gasteiger partial charge < -0.3 is 0 Å². The molecule has 0 nitrogen and oxygen atoms in total. The first kappa shape index (κ1) is 16.2. The van der Waals surface area contributed by atoms with Crippen LogP contribution in [0.15, 0.2) is 60.7 Å². The van der Waals surface area contributed by atoms with Crippen LogP contribution in [-0.4, -0.2) is 0 Å². The van der Waals surface area contributed by atoms with Gasteiger partial charge in [0.25, 0.3) is 0 Å². The van der Waals surface area contributed by atoms with Gasteiger partial charge in [-0.15, -0.1) is 11.8 Å². The van der Waals surface area contributed by atoms with E-state index in [-0.39, 0.29) is 0 Å². The third-order valence-corrected chi connectivity index (χ3v) is 5.45. The van der Waals surface area contributed by atoms with Crippen LogP contribution in [0.25, 0.3) is 0 Å². The lowest BCUT2D eigenvalue weighted by atomic mass is 10.1. The molecule has 0 aliphatic carbocycles. The Hall–Kier alpha value is -1.21. The minimum atomic E-state index is 0.605. The summed E-state index contributed by atoms with van der Waals surface area (Å²) in [5, 5.41) is 1.21. The van der Waals surface area contributed by atoms with Crippen molar-refractivity contribution >= 4 is 11.8 Å². The summed E-state index contributed by atoms with van der Waals surface area (Å²) >= 11 is 2.15. The van der Waals surface area contributed by atoms with Gasteiger partial charge in [0.1, 0.15) is 0 Å². The Morgan fingerprint density at radius 3 is 1.38 bits per heavy atom. The van der Waals surface area contributed by atoms with Crippen molar-refractivity contribution in [2.24, 2.45) is 0 Å². The largest absolute Gasteiger partial charge is 0.146 e. The smallest absolute Gasteiger partial charge is 0.0303 e. The maximum absolute atomic E-state index is 2.29. The van der Waals surface area contributed by atoms with Crippen molar-refractivity contribution in [2.45, 2.75) is 50.0 Å². The van der Waals surface area contributed by atoms with Gasteiger partial charge in [-0.1, -0.05) is 87.4 Å². The molecule has 2 aromatic rings. The number of hydrogen-bond donors (Lipinski definition) is 0. The molecular weight excluding hydrogens is 272 g/mol. The second-order valence-corrected chi connectivity index (χ2v) is 6.92. The molecule has 0 aromatic heterocycles. The van der Waals surface area contributed by atoms with Gasteiger partial charge in [0.05, 0.1) is 0 Å². The molecule has 0 fully saturated rings. The van der Waals surface area contributed by atoms with Crippen LogP contribution in [0.3, 0.4) is 0 Å². The third kappa shape index (κ3) is 4.93. The minimum absolute atomic E-state index is 0.605. The van der Waals surface area contributed by atoms with Crippen molar-refractivity contribution < 1.29 is 0 Å². The molecule has 0 aliphatic heterocycles. The summed E-state index contributed by atoms with van der Waals surface area (Å²) in [4.78, 5) is 0. The molecule has 0 N–H and O–H groups in total. The van der Waals surface area contributed by atoms with Gasteiger partial charge in [-0.25, -0.2) is 0 Å². The predicted molar refractivity (Wildman–Crippen MR) is 95.8 cm³/mol. The van der Waals surface area contributed by atoms with E-state index in [2.05, 4.69) is 86.3 Å². The monoisotopic (exact) mass is 298 g/mol. The molecule has 0 saturated carbocycles. The Labute approximate surface area is 134 Å². The van der Waals surface area contributed by atoms with Gasteiger partial charge in [-0.2, -0.15) is 0 Å². The van der Waals surface area contributed by atoms with Gasteiger partial charge in [-0.3, -0.25) is 0 Å². The van der Waals surface area contributed by atoms with Crippen molar-refractivity contribution in [3.63, 3.8) is 0 Å². The highest BCUT2D eigenvalue weighted by molar-refractivity contribution is 7.99. The molecule has 2 unspecified atom stereocenters. The van der Waals surface area contributed by atoms with Crippen LogP contribution in [0, 0.1) is 0 Å². The normalized spacial score (nSPS) is 13.8. The van der Waals surface area contributed by atoms with Crippen LogP contribution in [0.1, 0.15) is 61.2 Å². The van der Waals surface area contributed by atoms with Crippen LogP contribution in [-0.2, 0) is 0 Å². The maximum Gasteiger partial charge on any atom is 0.0303 e. The first-order chi connectivity index (χ1) is 10.3. The summed E-state index contributed by atoms with van der Waals surface area (Å²) in [6.07, 6.45) is 4.98. The van der Waals surface area contributed by atoms with Crippen molar-refractivity contribution in [1.29, 1.82) is 0 Å². The highest BCUT2D eigenvalue weighted by atomic mass is 32.2. The van der Waals surface area contributed by atoms with Gasteiger partial charge in [-0.05, 0) is 24.0 Å². The average molecular weight is 298 g/mol. The number of thioether (sulfide) groups is 1.